The van der Waals surface area contributed by atoms with Crippen LogP contribution >= 0.6 is 0 Å². The number of carboxylic acid groups (broad SMARTS) is 1. The van der Waals surface area contributed by atoms with E-state index in [1.807, 2.05) is 0 Å². The van der Waals surface area contributed by atoms with Crippen molar-refractivity contribution in [2.24, 2.45) is 7.05 Å². The van der Waals surface area contributed by atoms with Crippen LogP contribution < -0.4 is 5.32 Å². The summed E-state index contributed by atoms with van der Waals surface area (Å²) in [5, 5.41) is 22.2. The number of aryl methyl sites for hydroxylation is 1. The molecule has 0 saturated carbocycles. The summed E-state index contributed by atoms with van der Waals surface area (Å²) in [5.74, 6) is -1.04. The Morgan fingerprint density at radius 2 is 2.26 bits per heavy atom. The van der Waals surface area contributed by atoms with Gasteiger partial charge in [0.15, 0.2) is 11.5 Å². The minimum absolute atomic E-state index is 0.118. The Hall–Kier alpha value is -2.78. The fourth-order valence-electron chi connectivity index (χ4n) is 1.32. The van der Waals surface area contributed by atoms with E-state index in [0.29, 0.717) is 5.82 Å². The second-order valence-corrected chi connectivity index (χ2v) is 3.72. The van der Waals surface area contributed by atoms with Crippen molar-refractivity contribution >= 4 is 11.9 Å². The first-order valence-electron chi connectivity index (χ1n) is 5.29. The first-order valence-corrected chi connectivity index (χ1v) is 5.29. The lowest BCUT2D eigenvalue weighted by molar-refractivity contribution is -0.122. The minimum Gasteiger partial charge on any atom is -0.476 e. The summed E-state index contributed by atoms with van der Waals surface area (Å²) in [6.07, 6.45) is 2.71. The number of nitrogens with one attached hydrogen (secondary N) is 1. The highest BCUT2D eigenvalue weighted by molar-refractivity contribution is 5.84. The number of aromatic nitrogens is 6. The van der Waals surface area contributed by atoms with E-state index in [1.165, 1.54) is 17.2 Å². The molecule has 100 valence electrons. The Morgan fingerprint density at radius 3 is 2.84 bits per heavy atom. The number of carbonyl (C=O) groups is 2. The predicted molar refractivity (Wildman–Crippen MR) is 59.8 cm³/mol. The van der Waals surface area contributed by atoms with Crippen LogP contribution in [-0.4, -0.2) is 46.7 Å². The summed E-state index contributed by atoms with van der Waals surface area (Å²) in [6, 6.07) is 0. The molecule has 2 aromatic rings. The van der Waals surface area contributed by atoms with Crippen molar-refractivity contribution in [2.75, 3.05) is 0 Å². The molecule has 0 aliphatic rings. The van der Waals surface area contributed by atoms with E-state index < -0.39 is 5.97 Å². The van der Waals surface area contributed by atoms with Crippen LogP contribution in [0.2, 0.25) is 0 Å². The smallest absolute Gasteiger partial charge is 0.358 e. The van der Waals surface area contributed by atoms with Gasteiger partial charge in [0, 0.05) is 7.05 Å². The number of carboxylic acids is 1. The zero-order valence-corrected chi connectivity index (χ0v) is 10.0. The topological polar surface area (TPSA) is 128 Å². The molecule has 0 aliphatic heterocycles. The molecule has 0 fully saturated rings. The maximum absolute atomic E-state index is 11.6. The van der Waals surface area contributed by atoms with Gasteiger partial charge in [-0.05, 0) is 0 Å². The van der Waals surface area contributed by atoms with Crippen molar-refractivity contribution in [3.63, 3.8) is 0 Å². The van der Waals surface area contributed by atoms with Gasteiger partial charge in [0.1, 0.15) is 12.9 Å². The van der Waals surface area contributed by atoms with Crippen molar-refractivity contribution in [1.29, 1.82) is 0 Å². The molecule has 0 bridgehead atoms. The third-order valence-corrected chi connectivity index (χ3v) is 2.15. The van der Waals surface area contributed by atoms with E-state index in [9.17, 15) is 9.59 Å². The van der Waals surface area contributed by atoms with Crippen molar-refractivity contribution in [3.8, 4) is 0 Å². The standard InChI is InChI=1S/C9H11N7O3/c1-15-5-11-7(13-15)2-10-8(17)4-16-3-6(9(18)19)12-14-16/h3,5H,2,4H2,1H3,(H,10,17)(H,18,19). The molecule has 0 unspecified atom stereocenters. The molecule has 10 heteroatoms. The van der Waals surface area contributed by atoms with Crippen molar-refractivity contribution in [1.82, 2.24) is 35.1 Å². The summed E-state index contributed by atoms with van der Waals surface area (Å²) in [4.78, 5) is 26.1. The highest BCUT2D eigenvalue weighted by atomic mass is 16.4. The SMILES string of the molecule is Cn1cnc(CNC(=O)Cn2cc(C(=O)O)nn2)n1. The average molecular weight is 265 g/mol. The van der Waals surface area contributed by atoms with Crippen LogP contribution in [0.25, 0.3) is 0 Å². The van der Waals surface area contributed by atoms with Gasteiger partial charge in [-0.25, -0.2) is 14.5 Å². The summed E-state index contributed by atoms with van der Waals surface area (Å²) < 4.78 is 2.67. The van der Waals surface area contributed by atoms with E-state index in [1.54, 1.807) is 7.05 Å². The zero-order valence-electron chi connectivity index (χ0n) is 10.0. The summed E-state index contributed by atoms with van der Waals surface area (Å²) in [6.45, 7) is 0.0767. The third-order valence-electron chi connectivity index (χ3n) is 2.15. The lowest BCUT2D eigenvalue weighted by Gasteiger charge is -2.01. The molecular weight excluding hydrogens is 254 g/mol. The van der Waals surface area contributed by atoms with E-state index in [0.717, 1.165) is 4.68 Å². The molecule has 0 aliphatic carbocycles. The van der Waals surface area contributed by atoms with Gasteiger partial charge in [0.05, 0.1) is 12.7 Å². The van der Waals surface area contributed by atoms with Gasteiger partial charge in [-0.2, -0.15) is 5.10 Å². The van der Waals surface area contributed by atoms with Crippen LogP contribution in [0.3, 0.4) is 0 Å². The maximum Gasteiger partial charge on any atom is 0.358 e. The Kier molecular flexibility index (Phi) is 3.50. The molecule has 2 N–H and O–H groups in total. The Labute approximate surface area is 107 Å². The predicted octanol–water partition coefficient (Wildman–Crippen LogP) is -1.58. The molecule has 19 heavy (non-hydrogen) atoms. The molecule has 0 aromatic carbocycles. The molecule has 0 saturated heterocycles. The van der Waals surface area contributed by atoms with Crippen LogP contribution in [0.15, 0.2) is 12.5 Å². The van der Waals surface area contributed by atoms with Crippen LogP contribution in [0.5, 0.6) is 0 Å². The van der Waals surface area contributed by atoms with Gasteiger partial charge in [-0.3, -0.25) is 9.48 Å². The third kappa shape index (κ3) is 3.34. The Balaban J connectivity index is 1.85. The normalized spacial score (nSPS) is 10.4. The van der Waals surface area contributed by atoms with E-state index in [-0.39, 0.29) is 24.7 Å². The van der Waals surface area contributed by atoms with Gasteiger partial charge in [-0.15, -0.1) is 5.10 Å². The number of rotatable bonds is 5. The number of carbonyl (C=O) groups excluding carboxylic acids is 1. The molecule has 1 amide bonds. The first kappa shape index (κ1) is 12.7. The average Bonchev–Trinajstić information content (AvgIpc) is 2.96. The number of amides is 1. The highest BCUT2D eigenvalue weighted by Gasteiger charge is 2.10. The summed E-state index contributed by atoms with van der Waals surface area (Å²) in [7, 11) is 1.72. The van der Waals surface area contributed by atoms with E-state index in [4.69, 9.17) is 5.11 Å². The summed E-state index contributed by atoms with van der Waals surface area (Å²) in [5.41, 5.74) is -0.209. The minimum atomic E-state index is -1.19. The van der Waals surface area contributed by atoms with E-state index >= 15 is 0 Å². The van der Waals surface area contributed by atoms with Crippen molar-refractivity contribution < 1.29 is 14.7 Å². The highest BCUT2D eigenvalue weighted by Crippen LogP contribution is 1.93. The molecule has 0 radical (unpaired) electrons. The molecular formula is C9H11N7O3. The van der Waals surface area contributed by atoms with Gasteiger partial charge >= 0.3 is 5.97 Å². The fraction of sp³-hybridized carbons (Fsp3) is 0.333. The second kappa shape index (κ2) is 5.25. The van der Waals surface area contributed by atoms with Gasteiger partial charge in [0.2, 0.25) is 5.91 Å². The van der Waals surface area contributed by atoms with Gasteiger partial charge in [-0.1, -0.05) is 5.21 Å². The number of hydrogen-bond acceptors (Lipinski definition) is 6. The molecule has 0 atom stereocenters. The summed E-state index contributed by atoms with van der Waals surface area (Å²) >= 11 is 0. The number of hydrogen-bond donors (Lipinski definition) is 2. The zero-order chi connectivity index (χ0) is 13.8. The van der Waals surface area contributed by atoms with Crippen LogP contribution in [0, 0.1) is 0 Å². The first-order chi connectivity index (χ1) is 9.04. The molecule has 2 rings (SSSR count). The molecule has 0 spiro atoms. The van der Waals surface area contributed by atoms with Crippen LogP contribution in [-0.2, 0) is 24.9 Å². The fourth-order valence-corrected chi connectivity index (χ4v) is 1.32. The second-order valence-electron chi connectivity index (χ2n) is 3.72. The Bertz CT molecular complexity index is 602. The van der Waals surface area contributed by atoms with Crippen LogP contribution in [0.1, 0.15) is 16.3 Å². The molecule has 2 aromatic heterocycles. The van der Waals surface area contributed by atoms with Crippen molar-refractivity contribution in [3.05, 3.63) is 24.0 Å². The van der Waals surface area contributed by atoms with Gasteiger partial charge in [0.25, 0.3) is 0 Å². The van der Waals surface area contributed by atoms with Gasteiger partial charge < -0.3 is 10.4 Å². The number of aromatic carboxylic acids is 1. The lowest BCUT2D eigenvalue weighted by atomic mass is 10.5. The number of nitrogens with zero attached hydrogens (tertiary/aromatic N) is 6. The lowest BCUT2D eigenvalue weighted by Crippen LogP contribution is -2.27. The monoisotopic (exact) mass is 265 g/mol. The maximum atomic E-state index is 11.6. The molecule has 2 heterocycles. The largest absolute Gasteiger partial charge is 0.476 e. The van der Waals surface area contributed by atoms with Crippen molar-refractivity contribution in [2.45, 2.75) is 13.1 Å². The molecule has 10 nitrogen and oxygen atoms in total. The Morgan fingerprint density at radius 1 is 1.47 bits per heavy atom. The van der Waals surface area contributed by atoms with Crippen LogP contribution in [0.4, 0.5) is 0 Å². The van der Waals surface area contributed by atoms with E-state index in [2.05, 4.69) is 25.7 Å². The quantitative estimate of drug-likeness (QED) is 0.667.